The van der Waals surface area contributed by atoms with Gasteiger partial charge in [-0.3, -0.25) is 4.79 Å². The molecule has 3 aromatic rings. The van der Waals surface area contributed by atoms with Gasteiger partial charge in [0.2, 0.25) is 5.91 Å². The van der Waals surface area contributed by atoms with E-state index in [0.717, 1.165) is 22.6 Å². The molecule has 0 saturated carbocycles. The Morgan fingerprint density at radius 2 is 1.83 bits per heavy atom. The highest BCUT2D eigenvalue weighted by molar-refractivity contribution is 7.99. The van der Waals surface area contributed by atoms with E-state index in [2.05, 4.69) is 60.6 Å². The second-order valence-electron chi connectivity index (χ2n) is 7.94. The van der Waals surface area contributed by atoms with Crippen molar-refractivity contribution in [1.82, 2.24) is 14.8 Å². The van der Waals surface area contributed by atoms with Crippen molar-refractivity contribution in [2.24, 2.45) is 7.05 Å². The van der Waals surface area contributed by atoms with Crippen LogP contribution in [-0.4, -0.2) is 26.4 Å². The zero-order chi connectivity index (χ0) is 21.2. The van der Waals surface area contributed by atoms with E-state index < -0.39 is 0 Å². The molecule has 1 aromatic heterocycles. The van der Waals surface area contributed by atoms with Crippen molar-refractivity contribution in [1.29, 1.82) is 0 Å². The molecule has 0 aliphatic carbocycles. The van der Waals surface area contributed by atoms with Crippen LogP contribution in [0.5, 0.6) is 0 Å². The second-order valence-corrected chi connectivity index (χ2v) is 9.29. The fourth-order valence-corrected chi connectivity index (χ4v) is 3.76. The van der Waals surface area contributed by atoms with Crippen molar-refractivity contribution in [2.45, 2.75) is 38.3 Å². The number of nitrogens with zero attached hydrogens (tertiary/aromatic N) is 3. The maximum absolute atomic E-state index is 12.3. The van der Waals surface area contributed by atoms with Crippen molar-refractivity contribution in [3.63, 3.8) is 0 Å². The van der Waals surface area contributed by atoms with Gasteiger partial charge in [0.25, 0.3) is 0 Å². The van der Waals surface area contributed by atoms with Gasteiger partial charge >= 0.3 is 0 Å². The number of nitrogens with one attached hydrogen (secondary N) is 1. The Morgan fingerprint density at radius 1 is 1.14 bits per heavy atom. The van der Waals surface area contributed by atoms with Gasteiger partial charge in [-0.15, -0.1) is 10.2 Å². The third kappa shape index (κ3) is 5.00. The first-order valence-electron chi connectivity index (χ1n) is 9.35. The molecule has 0 fully saturated rings. The van der Waals surface area contributed by atoms with Gasteiger partial charge < -0.3 is 9.88 Å². The van der Waals surface area contributed by atoms with Crippen LogP contribution in [0.25, 0.3) is 11.4 Å². The number of rotatable bonds is 5. The summed E-state index contributed by atoms with van der Waals surface area (Å²) in [6, 6.07) is 13.8. The SMILES string of the molecule is Cc1c(Cl)cccc1NC(=O)CSc1nnc(-c2ccc(C(C)(C)C)cc2)n1C. The summed E-state index contributed by atoms with van der Waals surface area (Å²) in [7, 11) is 1.91. The van der Waals surface area contributed by atoms with E-state index >= 15 is 0 Å². The molecule has 2 aromatic carbocycles. The van der Waals surface area contributed by atoms with E-state index in [4.69, 9.17) is 11.6 Å². The molecule has 0 atom stereocenters. The van der Waals surface area contributed by atoms with Crippen LogP contribution in [0.4, 0.5) is 5.69 Å². The Hall–Kier alpha value is -2.31. The molecule has 0 aliphatic rings. The predicted octanol–water partition coefficient (Wildman–Crippen LogP) is 5.47. The summed E-state index contributed by atoms with van der Waals surface area (Å²) in [5.41, 5.74) is 3.95. The number of aromatic nitrogens is 3. The van der Waals surface area contributed by atoms with Crippen LogP contribution in [0.15, 0.2) is 47.6 Å². The molecule has 0 radical (unpaired) electrons. The van der Waals surface area contributed by atoms with Gasteiger partial charge in [-0.1, -0.05) is 74.5 Å². The molecule has 29 heavy (non-hydrogen) atoms. The summed E-state index contributed by atoms with van der Waals surface area (Å²) < 4.78 is 1.91. The molecule has 0 spiro atoms. The van der Waals surface area contributed by atoms with E-state index in [1.165, 1.54) is 17.3 Å². The van der Waals surface area contributed by atoms with E-state index in [0.29, 0.717) is 10.2 Å². The fraction of sp³-hybridized carbons (Fsp3) is 0.318. The third-order valence-corrected chi connectivity index (χ3v) is 6.15. The number of amides is 1. The third-order valence-electron chi connectivity index (χ3n) is 4.72. The zero-order valence-corrected chi connectivity index (χ0v) is 18.9. The quantitative estimate of drug-likeness (QED) is 0.547. The summed E-state index contributed by atoms with van der Waals surface area (Å²) in [5.74, 6) is 0.902. The van der Waals surface area contributed by atoms with Gasteiger partial charge in [-0.05, 0) is 35.6 Å². The van der Waals surface area contributed by atoms with Gasteiger partial charge in [0.15, 0.2) is 11.0 Å². The Balaban J connectivity index is 1.67. The second kappa shape index (κ2) is 8.59. The van der Waals surface area contributed by atoms with Crippen LogP contribution in [0.1, 0.15) is 31.9 Å². The lowest BCUT2D eigenvalue weighted by Crippen LogP contribution is -2.15. The van der Waals surface area contributed by atoms with Crippen LogP contribution >= 0.6 is 23.4 Å². The number of anilines is 1. The van der Waals surface area contributed by atoms with Crippen LogP contribution in [0, 0.1) is 6.92 Å². The molecule has 0 saturated heterocycles. The number of hydrogen-bond donors (Lipinski definition) is 1. The molecule has 0 bridgehead atoms. The first kappa shape index (κ1) is 21.4. The van der Waals surface area contributed by atoms with Gasteiger partial charge in [0.05, 0.1) is 5.75 Å². The van der Waals surface area contributed by atoms with Gasteiger partial charge in [-0.2, -0.15) is 0 Å². The highest BCUT2D eigenvalue weighted by Gasteiger charge is 2.16. The number of hydrogen-bond acceptors (Lipinski definition) is 4. The molecular weight excluding hydrogens is 404 g/mol. The van der Waals surface area contributed by atoms with Gasteiger partial charge in [0, 0.05) is 23.3 Å². The minimum atomic E-state index is -0.112. The lowest BCUT2D eigenvalue weighted by Gasteiger charge is -2.19. The molecular formula is C22H25ClN4OS. The lowest BCUT2D eigenvalue weighted by atomic mass is 9.87. The molecule has 0 aliphatic heterocycles. The minimum absolute atomic E-state index is 0.105. The van der Waals surface area contributed by atoms with Crippen LogP contribution in [-0.2, 0) is 17.3 Å². The van der Waals surface area contributed by atoms with Crippen molar-refractivity contribution >= 4 is 35.0 Å². The highest BCUT2D eigenvalue weighted by Crippen LogP contribution is 2.27. The number of halogens is 1. The van der Waals surface area contributed by atoms with Crippen molar-refractivity contribution in [2.75, 3.05) is 11.1 Å². The maximum Gasteiger partial charge on any atom is 0.234 e. The Bertz CT molecular complexity index is 1020. The standard InChI is InChI=1S/C22H25ClN4OS/c1-14-17(23)7-6-8-18(14)24-19(28)13-29-21-26-25-20(27(21)5)15-9-11-16(12-10-15)22(2,3)4/h6-12H,13H2,1-5H3,(H,24,28). The molecule has 3 rings (SSSR count). The first-order chi connectivity index (χ1) is 13.7. The molecule has 1 amide bonds. The summed E-state index contributed by atoms with van der Waals surface area (Å²) in [4.78, 5) is 12.3. The van der Waals surface area contributed by atoms with Crippen LogP contribution < -0.4 is 5.32 Å². The molecule has 152 valence electrons. The highest BCUT2D eigenvalue weighted by atomic mass is 35.5. The molecule has 1 heterocycles. The molecule has 1 N–H and O–H groups in total. The van der Waals surface area contributed by atoms with Crippen molar-refractivity contribution in [3.05, 3.63) is 58.6 Å². The minimum Gasteiger partial charge on any atom is -0.325 e. The average molecular weight is 429 g/mol. The number of benzene rings is 2. The maximum atomic E-state index is 12.3. The smallest absolute Gasteiger partial charge is 0.234 e. The Kier molecular flexibility index (Phi) is 6.34. The van der Waals surface area contributed by atoms with Crippen molar-refractivity contribution in [3.8, 4) is 11.4 Å². The normalized spacial score (nSPS) is 11.5. The lowest BCUT2D eigenvalue weighted by molar-refractivity contribution is -0.113. The number of carbonyl (C=O) groups is 1. The number of carbonyl (C=O) groups excluding carboxylic acids is 1. The van der Waals surface area contributed by atoms with Crippen LogP contribution in [0.2, 0.25) is 5.02 Å². The Labute approximate surface area is 180 Å². The number of thioether (sulfide) groups is 1. The summed E-state index contributed by atoms with van der Waals surface area (Å²) in [6.07, 6.45) is 0. The largest absolute Gasteiger partial charge is 0.325 e. The van der Waals surface area contributed by atoms with E-state index in [1.54, 1.807) is 6.07 Å². The van der Waals surface area contributed by atoms with E-state index in [-0.39, 0.29) is 17.1 Å². The molecule has 5 nitrogen and oxygen atoms in total. The Morgan fingerprint density at radius 3 is 2.48 bits per heavy atom. The van der Waals surface area contributed by atoms with E-state index in [9.17, 15) is 4.79 Å². The zero-order valence-electron chi connectivity index (χ0n) is 17.3. The topological polar surface area (TPSA) is 59.8 Å². The average Bonchev–Trinajstić information content (AvgIpc) is 3.04. The molecule has 0 unspecified atom stereocenters. The van der Waals surface area contributed by atoms with Crippen LogP contribution in [0.3, 0.4) is 0 Å². The first-order valence-corrected chi connectivity index (χ1v) is 10.7. The predicted molar refractivity (Wildman–Crippen MR) is 121 cm³/mol. The fourth-order valence-electron chi connectivity index (χ4n) is 2.87. The monoisotopic (exact) mass is 428 g/mol. The summed E-state index contributed by atoms with van der Waals surface area (Å²) in [6.45, 7) is 8.45. The van der Waals surface area contributed by atoms with Crippen molar-refractivity contribution < 1.29 is 4.79 Å². The van der Waals surface area contributed by atoms with Gasteiger partial charge in [0.1, 0.15) is 0 Å². The molecule has 7 heteroatoms. The van der Waals surface area contributed by atoms with E-state index in [1.807, 2.05) is 30.7 Å². The summed E-state index contributed by atoms with van der Waals surface area (Å²) >= 11 is 7.46. The van der Waals surface area contributed by atoms with Gasteiger partial charge in [-0.25, -0.2) is 0 Å². The summed E-state index contributed by atoms with van der Waals surface area (Å²) in [5, 5.41) is 12.8.